The molecule has 8 nitrogen and oxygen atoms in total. The molecule has 3 rings (SSSR count). The van der Waals surface area contributed by atoms with Crippen LogP contribution < -0.4 is 15.8 Å². The van der Waals surface area contributed by atoms with Gasteiger partial charge in [0.2, 0.25) is 0 Å². The SMILES string of the molecule is COc1cc(C(=O)Nc2ccc(F)c([C@]3(C)C=C(CF)OC(N)=N3)c2)ncc1C#N. The molecule has 0 radical (unpaired) electrons. The van der Waals surface area contributed by atoms with Crippen LogP contribution in [0.3, 0.4) is 0 Å². The van der Waals surface area contributed by atoms with Crippen LogP contribution in [0, 0.1) is 17.1 Å². The number of nitriles is 1. The maximum absolute atomic E-state index is 14.6. The van der Waals surface area contributed by atoms with Crippen molar-refractivity contribution in [1.29, 1.82) is 5.26 Å². The third-order valence-electron chi connectivity index (χ3n) is 4.36. The number of methoxy groups -OCH3 is 1. The Balaban J connectivity index is 1.93. The third kappa shape index (κ3) is 4.05. The number of benzene rings is 1. The summed E-state index contributed by atoms with van der Waals surface area (Å²) >= 11 is 0. The molecule has 0 saturated heterocycles. The number of hydrogen-bond acceptors (Lipinski definition) is 7. The van der Waals surface area contributed by atoms with E-state index in [1.54, 1.807) is 0 Å². The summed E-state index contributed by atoms with van der Waals surface area (Å²) in [6, 6.07) is 6.79. The molecule has 1 amide bonds. The van der Waals surface area contributed by atoms with Crippen LogP contribution in [0.25, 0.3) is 0 Å². The zero-order valence-electron chi connectivity index (χ0n) is 16.1. The zero-order chi connectivity index (χ0) is 21.9. The average Bonchev–Trinajstić information content (AvgIpc) is 2.73. The molecule has 1 aromatic carbocycles. The first-order valence-electron chi connectivity index (χ1n) is 8.66. The molecule has 30 heavy (non-hydrogen) atoms. The standard InChI is InChI=1S/C20H17F2N5O3/c1-20(7-13(8-21)30-19(24)27-20)14-5-12(3-4-15(14)22)26-18(28)16-6-17(29-2)11(9-23)10-25-16/h3-7,10H,8H2,1-2H3,(H2,24,27)(H,26,28)/t20-/m0/s1. The number of hydrogen-bond donors (Lipinski definition) is 2. The van der Waals surface area contributed by atoms with E-state index in [4.69, 9.17) is 20.5 Å². The second-order valence-electron chi connectivity index (χ2n) is 6.47. The number of allylic oxidation sites excluding steroid dienone is 1. The number of nitrogens with zero attached hydrogens (tertiary/aromatic N) is 3. The second-order valence-corrected chi connectivity index (χ2v) is 6.47. The van der Waals surface area contributed by atoms with Crippen molar-refractivity contribution in [2.45, 2.75) is 12.5 Å². The van der Waals surface area contributed by atoms with Crippen molar-refractivity contribution in [1.82, 2.24) is 4.98 Å². The molecule has 1 aliphatic heterocycles. The fourth-order valence-corrected chi connectivity index (χ4v) is 2.97. The summed E-state index contributed by atoms with van der Waals surface area (Å²) in [6.45, 7) is 0.602. The van der Waals surface area contributed by atoms with E-state index in [1.165, 1.54) is 44.5 Å². The van der Waals surface area contributed by atoms with Gasteiger partial charge in [0.05, 0.1) is 7.11 Å². The van der Waals surface area contributed by atoms with Crippen molar-refractivity contribution >= 4 is 17.6 Å². The normalized spacial score (nSPS) is 17.8. The van der Waals surface area contributed by atoms with Crippen molar-refractivity contribution in [2.75, 3.05) is 19.1 Å². The van der Waals surface area contributed by atoms with Crippen molar-refractivity contribution in [3.63, 3.8) is 0 Å². The summed E-state index contributed by atoms with van der Waals surface area (Å²) in [5.41, 5.74) is 4.75. The molecular weight excluding hydrogens is 396 g/mol. The molecule has 3 N–H and O–H groups in total. The largest absolute Gasteiger partial charge is 0.495 e. The Kier molecular flexibility index (Phi) is 5.64. The lowest BCUT2D eigenvalue weighted by Gasteiger charge is -2.28. The summed E-state index contributed by atoms with van der Waals surface area (Å²) in [5.74, 6) is -1.12. The summed E-state index contributed by atoms with van der Waals surface area (Å²) < 4.78 is 37.7. The molecule has 0 spiro atoms. The Bertz CT molecular complexity index is 1110. The van der Waals surface area contributed by atoms with Gasteiger partial charge in [-0.05, 0) is 31.2 Å². The van der Waals surface area contributed by atoms with Gasteiger partial charge in [-0.25, -0.2) is 18.8 Å². The number of aromatic nitrogens is 1. The highest BCUT2D eigenvalue weighted by Gasteiger charge is 2.32. The number of pyridine rings is 1. The number of nitrogens with one attached hydrogen (secondary N) is 1. The van der Waals surface area contributed by atoms with E-state index < -0.39 is 23.9 Å². The minimum atomic E-state index is -1.33. The van der Waals surface area contributed by atoms with Gasteiger partial charge in [-0.2, -0.15) is 5.26 Å². The molecule has 0 bridgehead atoms. The summed E-state index contributed by atoms with van der Waals surface area (Å²) in [6.07, 6.45) is 2.54. The van der Waals surface area contributed by atoms with Crippen LogP contribution in [0.5, 0.6) is 5.75 Å². The van der Waals surface area contributed by atoms with Gasteiger partial charge in [0.15, 0.2) is 0 Å². The Morgan fingerprint density at radius 2 is 2.20 bits per heavy atom. The first-order chi connectivity index (χ1) is 14.3. The van der Waals surface area contributed by atoms with Gasteiger partial charge in [-0.15, -0.1) is 0 Å². The molecular formula is C20H17F2N5O3. The highest BCUT2D eigenvalue weighted by Crippen LogP contribution is 2.35. The van der Waals surface area contributed by atoms with E-state index >= 15 is 0 Å². The number of nitrogens with two attached hydrogens (primary N) is 1. The van der Waals surface area contributed by atoms with Gasteiger partial charge in [-0.1, -0.05) is 0 Å². The van der Waals surface area contributed by atoms with Crippen molar-refractivity contribution in [3.05, 3.63) is 64.9 Å². The van der Waals surface area contributed by atoms with Crippen molar-refractivity contribution in [2.24, 2.45) is 10.7 Å². The minimum absolute atomic E-state index is 0.00382. The van der Waals surface area contributed by atoms with Crippen molar-refractivity contribution < 1.29 is 23.0 Å². The molecule has 0 aliphatic carbocycles. The molecule has 1 aliphatic rings. The Morgan fingerprint density at radius 3 is 2.87 bits per heavy atom. The van der Waals surface area contributed by atoms with Gasteiger partial charge in [0, 0.05) is 23.5 Å². The van der Waals surface area contributed by atoms with Gasteiger partial charge < -0.3 is 20.5 Å². The molecule has 0 fully saturated rings. The predicted octanol–water partition coefficient (Wildman–Crippen LogP) is 2.77. The number of carbonyl (C=O) groups excluding carboxylic acids is 1. The van der Waals surface area contributed by atoms with Crippen LogP contribution in [-0.4, -0.2) is 30.7 Å². The lowest BCUT2D eigenvalue weighted by Crippen LogP contribution is -2.31. The number of rotatable bonds is 5. The molecule has 0 saturated carbocycles. The maximum Gasteiger partial charge on any atom is 0.288 e. The topological polar surface area (TPSA) is 123 Å². The average molecular weight is 413 g/mol. The van der Waals surface area contributed by atoms with E-state index in [0.29, 0.717) is 0 Å². The third-order valence-corrected chi connectivity index (χ3v) is 4.36. The van der Waals surface area contributed by atoms with Gasteiger partial charge in [0.25, 0.3) is 11.9 Å². The predicted molar refractivity (Wildman–Crippen MR) is 104 cm³/mol. The number of carbonyl (C=O) groups is 1. The number of amides is 1. The Morgan fingerprint density at radius 1 is 1.43 bits per heavy atom. The van der Waals surface area contributed by atoms with Gasteiger partial charge in [0.1, 0.15) is 46.9 Å². The number of ether oxygens (including phenoxy) is 2. The van der Waals surface area contributed by atoms with E-state index in [1.807, 2.05) is 6.07 Å². The van der Waals surface area contributed by atoms with Crippen LogP contribution in [0.1, 0.15) is 28.5 Å². The van der Waals surface area contributed by atoms with Crippen molar-refractivity contribution in [3.8, 4) is 11.8 Å². The lowest BCUT2D eigenvalue weighted by atomic mass is 9.90. The second kappa shape index (κ2) is 8.16. The number of anilines is 1. The monoisotopic (exact) mass is 413 g/mol. The van der Waals surface area contributed by atoms with E-state index in [2.05, 4.69) is 15.3 Å². The van der Waals surface area contributed by atoms with E-state index in [-0.39, 0.29) is 40.0 Å². The Labute approximate surface area is 170 Å². The fourth-order valence-electron chi connectivity index (χ4n) is 2.97. The number of halogens is 2. The maximum atomic E-state index is 14.6. The highest BCUT2D eigenvalue weighted by molar-refractivity contribution is 6.03. The molecule has 2 aromatic rings. The fraction of sp³-hybridized carbons (Fsp3) is 0.200. The quantitative estimate of drug-likeness (QED) is 0.777. The number of amidine groups is 1. The Hall–Kier alpha value is -4.00. The molecule has 10 heteroatoms. The lowest BCUT2D eigenvalue weighted by molar-refractivity contribution is 0.102. The summed E-state index contributed by atoms with van der Waals surface area (Å²) in [4.78, 5) is 20.6. The van der Waals surface area contributed by atoms with Crippen LogP contribution in [0.4, 0.5) is 14.5 Å². The highest BCUT2D eigenvalue weighted by atomic mass is 19.1. The van der Waals surface area contributed by atoms with E-state index in [0.717, 1.165) is 6.07 Å². The number of aliphatic imine (C=N–C) groups is 1. The number of alkyl halides is 1. The van der Waals surface area contributed by atoms with Crippen LogP contribution in [0.2, 0.25) is 0 Å². The summed E-state index contributed by atoms with van der Waals surface area (Å²) in [5, 5.41) is 11.6. The van der Waals surface area contributed by atoms with E-state index in [9.17, 15) is 13.6 Å². The van der Waals surface area contributed by atoms with Crippen LogP contribution >= 0.6 is 0 Å². The molecule has 1 aromatic heterocycles. The van der Waals surface area contributed by atoms with Crippen LogP contribution in [-0.2, 0) is 10.3 Å². The van der Waals surface area contributed by atoms with Crippen LogP contribution in [0.15, 0.2) is 47.3 Å². The molecule has 0 unspecified atom stereocenters. The summed E-state index contributed by atoms with van der Waals surface area (Å²) in [7, 11) is 1.37. The molecule has 1 atom stereocenters. The van der Waals surface area contributed by atoms with Gasteiger partial charge in [-0.3, -0.25) is 4.79 Å². The van der Waals surface area contributed by atoms with Gasteiger partial charge >= 0.3 is 0 Å². The smallest absolute Gasteiger partial charge is 0.288 e. The minimum Gasteiger partial charge on any atom is -0.495 e. The first-order valence-corrected chi connectivity index (χ1v) is 8.66. The first kappa shape index (κ1) is 20.7. The molecule has 2 heterocycles. The molecule has 154 valence electrons. The zero-order valence-corrected chi connectivity index (χ0v) is 16.1.